The van der Waals surface area contributed by atoms with Gasteiger partial charge in [-0.2, -0.15) is 0 Å². The Labute approximate surface area is 184 Å². The first-order valence-electron chi connectivity index (χ1n) is 11.0. The number of benzene rings is 2. The predicted molar refractivity (Wildman–Crippen MR) is 129 cm³/mol. The van der Waals surface area contributed by atoms with Crippen LogP contribution in [0.3, 0.4) is 0 Å². The summed E-state index contributed by atoms with van der Waals surface area (Å²) in [6.07, 6.45) is 0.940. The van der Waals surface area contributed by atoms with E-state index in [1.54, 1.807) is 6.92 Å². The van der Waals surface area contributed by atoms with E-state index in [2.05, 4.69) is 83.3 Å². The topological polar surface area (TPSA) is 29.5 Å². The molecule has 2 aromatic carbocycles. The number of carbonyl (C=O) groups excluding carboxylic acids is 1. The van der Waals surface area contributed by atoms with Crippen LogP contribution in [0, 0.1) is 5.92 Å². The predicted octanol–water partition coefficient (Wildman–Crippen LogP) is 6.30. The number of carbonyl (C=O) groups is 1. The highest BCUT2D eigenvalue weighted by Gasteiger charge is 2.40. The van der Waals surface area contributed by atoms with Crippen molar-refractivity contribution in [2.24, 2.45) is 5.92 Å². The van der Waals surface area contributed by atoms with Crippen LogP contribution in [0.1, 0.15) is 45.7 Å². The summed E-state index contributed by atoms with van der Waals surface area (Å²) in [7, 11) is -1.98. The molecule has 0 aliphatic carbocycles. The summed E-state index contributed by atoms with van der Waals surface area (Å²) in [5, 5.41) is 0.123. The van der Waals surface area contributed by atoms with Gasteiger partial charge in [-0.25, -0.2) is 0 Å². The van der Waals surface area contributed by atoms with Crippen molar-refractivity contribution >= 4 is 14.2 Å². The minimum absolute atomic E-state index is 0.00119. The third-order valence-electron chi connectivity index (χ3n) is 6.35. The van der Waals surface area contributed by atoms with Crippen LogP contribution in [0.25, 0.3) is 0 Å². The molecule has 0 radical (unpaired) electrons. The first-order chi connectivity index (χ1) is 14.0. The highest BCUT2D eigenvalue weighted by molar-refractivity contribution is 6.74. The van der Waals surface area contributed by atoms with Gasteiger partial charge in [0.2, 0.25) is 5.91 Å². The molecule has 0 aromatic heterocycles. The van der Waals surface area contributed by atoms with E-state index in [9.17, 15) is 4.79 Å². The number of nitrogens with zero attached hydrogens (tertiary/aromatic N) is 1. The van der Waals surface area contributed by atoms with Crippen molar-refractivity contribution in [1.82, 2.24) is 4.90 Å². The van der Waals surface area contributed by atoms with Crippen molar-refractivity contribution in [3.8, 4) is 0 Å². The Morgan fingerprint density at radius 1 is 0.967 bits per heavy atom. The maximum Gasteiger partial charge on any atom is 0.219 e. The van der Waals surface area contributed by atoms with Crippen LogP contribution in [0.4, 0.5) is 0 Å². The molecule has 0 aliphatic rings. The van der Waals surface area contributed by atoms with Gasteiger partial charge in [0.1, 0.15) is 0 Å². The molecule has 2 aromatic rings. The largest absolute Gasteiger partial charge is 0.412 e. The molecular weight excluding hydrogens is 386 g/mol. The van der Waals surface area contributed by atoms with Crippen molar-refractivity contribution in [3.63, 3.8) is 0 Å². The summed E-state index contributed by atoms with van der Waals surface area (Å²) >= 11 is 0. The SMILES string of the molecule is CC(=O)N(Cc1ccccc1)C[C@H](O[Si](C)(C)C(C)(C)C)[C@@H](C)Cc1ccccc1. The smallest absolute Gasteiger partial charge is 0.219 e. The van der Waals surface area contributed by atoms with E-state index in [1.807, 2.05) is 23.1 Å². The first kappa shape index (κ1) is 24.4. The lowest BCUT2D eigenvalue weighted by atomic mass is 9.95. The van der Waals surface area contributed by atoms with Crippen LogP contribution in [0.15, 0.2) is 60.7 Å². The molecule has 0 N–H and O–H groups in total. The molecule has 0 heterocycles. The van der Waals surface area contributed by atoms with Crippen LogP contribution in [-0.4, -0.2) is 31.8 Å². The molecule has 0 aliphatic heterocycles. The standard InChI is InChI=1S/C26H39NO2Si/c1-21(18-23-14-10-8-11-15-23)25(29-30(6,7)26(3,4)5)20-27(22(2)28)19-24-16-12-9-13-17-24/h8-17,21,25H,18-20H2,1-7H3/t21-,25-/m0/s1. The molecule has 0 fully saturated rings. The molecule has 0 spiro atoms. The molecule has 2 rings (SSSR count). The Kier molecular flexibility index (Phi) is 8.45. The van der Waals surface area contributed by atoms with Gasteiger partial charge in [0.05, 0.1) is 6.10 Å². The van der Waals surface area contributed by atoms with E-state index in [-0.39, 0.29) is 17.0 Å². The Morgan fingerprint density at radius 2 is 1.47 bits per heavy atom. The molecular formula is C26H39NO2Si. The summed E-state index contributed by atoms with van der Waals surface area (Å²) < 4.78 is 6.90. The van der Waals surface area contributed by atoms with Crippen LogP contribution in [0.5, 0.6) is 0 Å². The second-order valence-corrected chi connectivity index (χ2v) is 14.7. The van der Waals surface area contributed by atoms with Gasteiger partial charge in [-0.3, -0.25) is 4.79 Å². The van der Waals surface area contributed by atoms with Crippen molar-refractivity contribution in [3.05, 3.63) is 71.8 Å². The van der Waals surface area contributed by atoms with Crippen molar-refractivity contribution in [2.45, 2.75) is 71.8 Å². The number of hydrogen-bond donors (Lipinski definition) is 0. The van der Waals surface area contributed by atoms with E-state index < -0.39 is 8.32 Å². The van der Waals surface area contributed by atoms with Crippen molar-refractivity contribution in [1.29, 1.82) is 0 Å². The number of amides is 1. The lowest BCUT2D eigenvalue weighted by Crippen LogP contribution is -2.49. The van der Waals surface area contributed by atoms with Gasteiger partial charge in [-0.15, -0.1) is 0 Å². The van der Waals surface area contributed by atoms with Crippen LogP contribution in [-0.2, 0) is 22.2 Å². The normalized spacial score (nSPS) is 14.2. The lowest BCUT2D eigenvalue weighted by molar-refractivity contribution is -0.131. The third kappa shape index (κ3) is 7.10. The maximum atomic E-state index is 12.5. The number of rotatable bonds is 9. The van der Waals surface area contributed by atoms with Gasteiger partial charge < -0.3 is 9.33 Å². The van der Waals surface area contributed by atoms with Crippen LogP contribution < -0.4 is 0 Å². The average molecular weight is 426 g/mol. The Morgan fingerprint density at radius 3 is 1.93 bits per heavy atom. The molecule has 30 heavy (non-hydrogen) atoms. The van der Waals surface area contributed by atoms with E-state index >= 15 is 0 Å². The van der Waals surface area contributed by atoms with Gasteiger partial charge in [0, 0.05) is 20.0 Å². The highest BCUT2D eigenvalue weighted by Crippen LogP contribution is 2.38. The zero-order valence-electron chi connectivity index (χ0n) is 19.8. The third-order valence-corrected chi connectivity index (χ3v) is 10.9. The fraction of sp³-hybridized carbons (Fsp3) is 0.500. The monoisotopic (exact) mass is 425 g/mol. The average Bonchev–Trinajstić information content (AvgIpc) is 2.67. The second kappa shape index (κ2) is 10.4. The van der Waals surface area contributed by atoms with Crippen molar-refractivity contribution in [2.75, 3.05) is 6.54 Å². The van der Waals surface area contributed by atoms with E-state index in [0.29, 0.717) is 19.0 Å². The summed E-state index contributed by atoms with van der Waals surface area (Å²) in [4.78, 5) is 14.4. The molecule has 2 atom stereocenters. The fourth-order valence-corrected chi connectivity index (χ4v) is 4.75. The quantitative estimate of drug-likeness (QED) is 0.441. The number of hydrogen-bond acceptors (Lipinski definition) is 2. The zero-order valence-corrected chi connectivity index (χ0v) is 20.8. The van der Waals surface area contributed by atoms with E-state index in [0.717, 1.165) is 12.0 Å². The van der Waals surface area contributed by atoms with Crippen LogP contribution in [0.2, 0.25) is 18.1 Å². The molecule has 1 amide bonds. The second-order valence-electron chi connectivity index (χ2n) is 9.97. The Hall–Kier alpha value is -1.91. The summed E-state index contributed by atoms with van der Waals surface area (Å²) in [5.74, 6) is 0.397. The maximum absolute atomic E-state index is 12.5. The van der Waals surface area contributed by atoms with Crippen LogP contribution >= 0.6 is 0 Å². The molecule has 4 heteroatoms. The minimum Gasteiger partial charge on any atom is -0.412 e. The highest BCUT2D eigenvalue weighted by atomic mass is 28.4. The summed E-state index contributed by atoms with van der Waals surface area (Å²) in [6.45, 7) is 16.5. The van der Waals surface area contributed by atoms with E-state index in [4.69, 9.17) is 4.43 Å². The van der Waals surface area contributed by atoms with E-state index in [1.165, 1.54) is 5.56 Å². The van der Waals surface area contributed by atoms with Gasteiger partial charge in [0.15, 0.2) is 8.32 Å². The molecule has 164 valence electrons. The van der Waals surface area contributed by atoms with Gasteiger partial charge in [-0.1, -0.05) is 88.4 Å². The zero-order chi connectivity index (χ0) is 22.4. The Bertz CT molecular complexity index is 784. The lowest BCUT2D eigenvalue weighted by Gasteiger charge is -2.42. The van der Waals surface area contributed by atoms with Gasteiger partial charge >= 0.3 is 0 Å². The molecule has 0 saturated heterocycles. The summed E-state index contributed by atoms with van der Waals surface area (Å²) in [5.41, 5.74) is 2.46. The summed E-state index contributed by atoms with van der Waals surface area (Å²) in [6, 6.07) is 20.8. The molecule has 0 bridgehead atoms. The van der Waals surface area contributed by atoms with Crippen molar-refractivity contribution < 1.29 is 9.22 Å². The molecule has 3 nitrogen and oxygen atoms in total. The molecule has 0 saturated carbocycles. The minimum atomic E-state index is -1.98. The fourth-order valence-electron chi connectivity index (χ4n) is 3.33. The Balaban J connectivity index is 2.24. The first-order valence-corrected chi connectivity index (χ1v) is 13.9. The molecule has 0 unspecified atom stereocenters. The van der Waals surface area contributed by atoms with Gasteiger partial charge in [-0.05, 0) is 41.6 Å². The van der Waals surface area contributed by atoms with Gasteiger partial charge in [0.25, 0.3) is 0 Å².